The van der Waals surface area contributed by atoms with Gasteiger partial charge in [-0.3, -0.25) is 0 Å². The van der Waals surface area contributed by atoms with E-state index >= 15 is 0 Å². The number of carbonyl (C=O) groups is 1. The summed E-state index contributed by atoms with van der Waals surface area (Å²) in [6.07, 6.45) is 7.89. The second kappa shape index (κ2) is 3.65. The summed E-state index contributed by atoms with van der Waals surface area (Å²) in [5, 5.41) is 0. The Balaban J connectivity index is 2.91. The first kappa shape index (κ1) is 9.16. The highest BCUT2D eigenvalue weighted by Gasteiger charge is 2.36. The van der Waals surface area contributed by atoms with E-state index in [0.717, 1.165) is 6.29 Å². The zero-order valence-corrected chi connectivity index (χ0v) is 7.19. The molecular weight excluding hydrogens is 156 g/mol. The van der Waals surface area contributed by atoms with Crippen molar-refractivity contribution in [2.24, 2.45) is 5.92 Å². The van der Waals surface area contributed by atoms with E-state index in [9.17, 15) is 4.79 Å². The van der Waals surface area contributed by atoms with E-state index in [2.05, 4.69) is 0 Å². The number of ether oxygens (including phenoxy) is 2. The van der Waals surface area contributed by atoms with E-state index in [-0.39, 0.29) is 5.92 Å². The second-order valence-electron chi connectivity index (χ2n) is 2.54. The highest BCUT2D eigenvalue weighted by molar-refractivity contribution is 5.60. The van der Waals surface area contributed by atoms with Gasteiger partial charge in [0.15, 0.2) is 0 Å². The van der Waals surface area contributed by atoms with Crippen molar-refractivity contribution in [2.75, 3.05) is 14.2 Å². The van der Waals surface area contributed by atoms with Crippen molar-refractivity contribution in [3.63, 3.8) is 0 Å². The normalized spacial score (nSPS) is 25.7. The smallest absolute Gasteiger partial charge is 0.200 e. The molecular formula is C9H12O3. The Bertz CT molecular complexity index is 214. The molecule has 1 atom stereocenters. The maximum atomic E-state index is 10.6. The van der Waals surface area contributed by atoms with E-state index in [1.165, 1.54) is 14.2 Å². The Morgan fingerprint density at radius 2 is 2.00 bits per heavy atom. The summed E-state index contributed by atoms with van der Waals surface area (Å²) >= 11 is 0. The Morgan fingerprint density at radius 1 is 1.33 bits per heavy atom. The fraction of sp³-hybridized carbons (Fsp3) is 0.444. The van der Waals surface area contributed by atoms with Gasteiger partial charge in [0.25, 0.3) is 0 Å². The molecule has 0 spiro atoms. The molecule has 0 N–H and O–H groups in total. The van der Waals surface area contributed by atoms with Gasteiger partial charge in [0.1, 0.15) is 6.29 Å². The molecule has 3 heteroatoms. The standard InChI is InChI=1S/C9H12O3/c1-11-9(12-2)6-4-3-5-8(9)7-10/h3-8H,1-2H3. The molecule has 0 heterocycles. The zero-order valence-electron chi connectivity index (χ0n) is 7.19. The summed E-state index contributed by atoms with van der Waals surface area (Å²) in [6.45, 7) is 0. The summed E-state index contributed by atoms with van der Waals surface area (Å²) in [6, 6.07) is 0. The van der Waals surface area contributed by atoms with E-state index in [0.29, 0.717) is 0 Å². The van der Waals surface area contributed by atoms with Crippen molar-refractivity contribution >= 4 is 6.29 Å². The first-order valence-electron chi connectivity index (χ1n) is 3.70. The molecule has 3 nitrogen and oxygen atoms in total. The first-order valence-corrected chi connectivity index (χ1v) is 3.70. The van der Waals surface area contributed by atoms with E-state index in [1.807, 2.05) is 0 Å². The van der Waals surface area contributed by atoms with Crippen LogP contribution in [0.1, 0.15) is 0 Å². The van der Waals surface area contributed by atoms with E-state index in [4.69, 9.17) is 9.47 Å². The molecule has 1 unspecified atom stereocenters. The van der Waals surface area contributed by atoms with Crippen molar-refractivity contribution in [1.29, 1.82) is 0 Å². The quantitative estimate of drug-likeness (QED) is 0.464. The molecule has 0 aromatic carbocycles. The van der Waals surface area contributed by atoms with Gasteiger partial charge in [0.2, 0.25) is 5.79 Å². The fourth-order valence-corrected chi connectivity index (χ4v) is 1.25. The molecule has 0 bridgehead atoms. The first-order chi connectivity index (χ1) is 5.79. The number of rotatable bonds is 3. The molecule has 0 saturated heterocycles. The third-order valence-electron chi connectivity index (χ3n) is 2.01. The molecule has 0 aromatic heterocycles. The maximum absolute atomic E-state index is 10.6. The lowest BCUT2D eigenvalue weighted by Gasteiger charge is -2.32. The third kappa shape index (κ3) is 1.33. The number of hydrogen-bond acceptors (Lipinski definition) is 3. The molecule has 0 aliphatic heterocycles. The Hall–Kier alpha value is -0.930. The number of hydrogen-bond donors (Lipinski definition) is 0. The molecule has 1 aliphatic rings. The molecule has 12 heavy (non-hydrogen) atoms. The number of methoxy groups -OCH3 is 2. The Morgan fingerprint density at radius 3 is 2.42 bits per heavy atom. The summed E-state index contributed by atoms with van der Waals surface area (Å²) < 4.78 is 10.3. The van der Waals surface area contributed by atoms with Crippen LogP contribution >= 0.6 is 0 Å². The number of aldehydes is 1. The minimum absolute atomic E-state index is 0.363. The average molecular weight is 168 g/mol. The highest BCUT2D eigenvalue weighted by Crippen LogP contribution is 2.26. The van der Waals surface area contributed by atoms with Crippen molar-refractivity contribution in [2.45, 2.75) is 5.79 Å². The lowest BCUT2D eigenvalue weighted by Crippen LogP contribution is -2.41. The fourth-order valence-electron chi connectivity index (χ4n) is 1.25. The van der Waals surface area contributed by atoms with E-state index < -0.39 is 5.79 Å². The Kier molecular flexibility index (Phi) is 2.78. The predicted molar refractivity (Wildman–Crippen MR) is 44.6 cm³/mol. The van der Waals surface area contributed by atoms with Gasteiger partial charge < -0.3 is 14.3 Å². The van der Waals surface area contributed by atoms with Gasteiger partial charge in [-0.1, -0.05) is 18.2 Å². The number of carbonyl (C=O) groups excluding carboxylic acids is 1. The van der Waals surface area contributed by atoms with Crippen molar-refractivity contribution < 1.29 is 14.3 Å². The summed E-state index contributed by atoms with van der Waals surface area (Å²) in [5.41, 5.74) is 0. The van der Waals surface area contributed by atoms with Gasteiger partial charge >= 0.3 is 0 Å². The van der Waals surface area contributed by atoms with Gasteiger partial charge in [-0.05, 0) is 6.08 Å². The van der Waals surface area contributed by atoms with Crippen LogP contribution in [0.4, 0.5) is 0 Å². The Labute approximate surface area is 71.7 Å². The summed E-state index contributed by atoms with van der Waals surface area (Å²) in [4.78, 5) is 10.6. The molecule has 66 valence electrons. The zero-order chi connectivity index (χ0) is 9.03. The van der Waals surface area contributed by atoms with Gasteiger partial charge in [-0.15, -0.1) is 0 Å². The summed E-state index contributed by atoms with van der Waals surface area (Å²) in [5.74, 6) is -1.27. The second-order valence-corrected chi connectivity index (χ2v) is 2.54. The molecule has 0 fully saturated rings. The molecule has 0 radical (unpaired) electrons. The molecule has 0 amide bonds. The topological polar surface area (TPSA) is 35.5 Å². The lowest BCUT2D eigenvalue weighted by molar-refractivity contribution is -0.192. The van der Waals surface area contributed by atoms with Gasteiger partial charge in [-0.25, -0.2) is 0 Å². The molecule has 1 rings (SSSR count). The van der Waals surface area contributed by atoms with Crippen molar-refractivity contribution in [1.82, 2.24) is 0 Å². The maximum Gasteiger partial charge on any atom is 0.200 e. The average Bonchev–Trinajstić information content (AvgIpc) is 2.17. The minimum atomic E-state index is -0.906. The van der Waals surface area contributed by atoms with Crippen LogP contribution in [0.15, 0.2) is 24.3 Å². The van der Waals surface area contributed by atoms with Gasteiger partial charge in [-0.2, -0.15) is 0 Å². The minimum Gasteiger partial charge on any atom is -0.349 e. The van der Waals surface area contributed by atoms with Crippen LogP contribution in [0.3, 0.4) is 0 Å². The van der Waals surface area contributed by atoms with Crippen molar-refractivity contribution in [3.8, 4) is 0 Å². The van der Waals surface area contributed by atoms with E-state index in [1.54, 1.807) is 24.3 Å². The van der Waals surface area contributed by atoms with Crippen LogP contribution in [0.25, 0.3) is 0 Å². The molecule has 0 aromatic rings. The van der Waals surface area contributed by atoms with Crippen LogP contribution in [0.5, 0.6) is 0 Å². The van der Waals surface area contributed by atoms with Gasteiger partial charge in [0.05, 0.1) is 5.92 Å². The summed E-state index contributed by atoms with van der Waals surface area (Å²) in [7, 11) is 3.03. The predicted octanol–water partition coefficient (Wildman–Crippen LogP) is 0.917. The van der Waals surface area contributed by atoms with Crippen LogP contribution in [-0.2, 0) is 14.3 Å². The third-order valence-corrected chi connectivity index (χ3v) is 2.01. The van der Waals surface area contributed by atoms with Crippen LogP contribution in [0.2, 0.25) is 0 Å². The molecule has 1 aliphatic carbocycles. The molecule has 0 saturated carbocycles. The van der Waals surface area contributed by atoms with Crippen LogP contribution in [-0.4, -0.2) is 26.3 Å². The largest absolute Gasteiger partial charge is 0.349 e. The SMILES string of the molecule is COC1(OC)C=CC=CC1C=O. The van der Waals surface area contributed by atoms with Crippen LogP contribution < -0.4 is 0 Å². The lowest BCUT2D eigenvalue weighted by atomic mass is 9.95. The highest BCUT2D eigenvalue weighted by atomic mass is 16.7. The van der Waals surface area contributed by atoms with Gasteiger partial charge in [0, 0.05) is 14.2 Å². The van der Waals surface area contributed by atoms with Crippen LogP contribution in [0, 0.1) is 5.92 Å². The monoisotopic (exact) mass is 168 g/mol. The number of allylic oxidation sites excluding steroid dienone is 2. The van der Waals surface area contributed by atoms with Crippen molar-refractivity contribution in [3.05, 3.63) is 24.3 Å².